The van der Waals surface area contributed by atoms with Crippen LogP contribution in [0.2, 0.25) is 0 Å². The monoisotopic (exact) mass is 693 g/mol. The van der Waals surface area contributed by atoms with Gasteiger partial charge in [0.25, 0.3) is 0 Å². The highest BCUT2D eigenvalue weighted by Gasteiger charge is 2.24. The quantitative estimate of drug-likeness (QED) is 0.0620. The number of carbonyl (C=O) groups excluding carboxylic acids is 2. The van der Waals surface area contributed by atoms with E-state index in [4.69, 9.17) is 9.47 Å². The van der Waals surface area contributed by atoms with Crippen LogP contribution in [0, 0.1) is 11.8 Å². The third-order valence-corrected chi connectivity index (χ3v) is 9.77. The molecule has 282 valence electrons. The summed E-state index contributed by atoms with van der Waals surface area (Å²) in [6, 6.07) is 0. The Balaban J connectivity index is 1.81. The van der Waals surface area contributed by atoms with Crippen molar-refractivity contribution in [1.82, 2.24) is 10.2 Å². The van der Waals surface area contributed by atoms with Gasteiger partial charge >= 0.3 is 5.97 Å². The van der Waals surface area contributed by atoms with Gasteiger partial charge in [0.2, 0.25) is 5.91 Å². The predicted octanol–water partition coefficient (Wildman–Crippen LogP) is 10.4. The highest BCUT2D eigenvalue weighted by molar-refractivity contribution is 5.81. The Kier molecular flexibility index (Phi) is 22.7. The topological polar surface area (TPSA) is 67.9 Å². The smallest absolute Gasteiger partial charge is 0.306 e. The van der Waals surface area contributed by atoms with Crippen molar-refractivity contribution in [3.63, 3.8) is 0 Å². The van der Waals surface area contributed by atoms with Crippen LogP contribution in [-0.2, 0) is 19.1 Å². The summed E-state index contributed by atoms with van der Waals surface area (Å²) in [6.45, 7) is 23.1. The molecule has 0 saturated carbocycles. The molecule has 6 heteroatoms. The van der Waals surface area contributed by atoms with Crippen LogP contribution >= 0.6 is 0 Å². The summed E-state index contributed by atoms with van der Waals surface area (Å²) in [5, 5.41) is 2.96. The van der Waals surface area contributed by atoms with Gasteiger partial charge in [-0.25, -0.2) is 0 Å². The number of rotatable bonds is 24. The number of ether oxygens (including phenoxy) is 2. The van der Waals surface area contributed by atoms with Crippen molar-refractivity contribution in [3.8, 4) is 0 Å². The van der Waals surface area contributed by atoms with E-state index in [1.807, 2.05) is 0 Å². The Labute approximate surface area is 306 Å². The molecule has 2 aliphatic rings. The molecule has 1 amide bonds. The molecule has 0 spiro atoms. The van der Waals surface area contributed by atoms with Crippen LogP contribution in [0.4, 0.5) is 0 Å². The molecule has 2 rings (SSSR count). The van der Waals surface area contributed by atoms with E-state index in [9.17, 15) is 9.59 Å². The first-order valence-corrected chi connectivity index (χ1v) is 19.7. The maximum atomic E-state index is 12.7. The Hall–Kier alpha value is -2.70. The normalized spacial score (nSPS) is 18.6. The number of esters is 1. The second-order valence-electron chi connectivity index (χ2n) is 15.3. The minimum Gasteiger partial charge on any atom is -0.465 e. The summed E-state index contributed by atoms with van der Waals surface area (Å²) in [5.74, 6) is 0.450. The lowest BCUT2D eigenvalue weighted by atomic mass is 9.79. The summed E-state index contributed by atoms with van der Waals surface area (Å²) in [6.07, 6.45) is 26.0. The molecule has 1 aliphatic carbocycles. The molecule has 0 radical (unpaired) electrons. The van der Waals surface area contributed by atoms with Gasteiger partial charge in [-0.3, -0.25) is 14.5 Å². The number of morpholine rings is 1. The molecular weight excluding hydrogens is 620 g/mol. The zero-order valence-electron chi connectivity index (χ0n) is 32.9. The Bertz CT molecular complexity index is 1180. The minimum absolute atomic E-state index is 0.0781. The fraction of sp³-hybridized carbons (Fsp3) is 0.682. The van der Waals surface area contributed by atoms with Crippen LogP contribution in [0.25, 0.3) is 0 Å². The van der Waals surface area contributed by atoms with Crippen molar-refractivity contribution >= 4 is 11.9 Å². The molecule has 1 heterocycles. The van der Waals surface area contributed by atoms with Gasteiger partial charge < -0.3 is 14.8 Å². The van der Waals surface area contributed by atoms with Crippen molar-refractivity contribution in [2.24, 2.45) is 11.8 Å². The van der Waals surface area contributed by atoms with Gasteiger partial charge in [-0.15, -0.1) is 0 Å². The molecular formula is C44H72N2O4. The molecule has 6 nitrogen and oxygen atoms in total. The molecule has 0 aromatic rings. The van der Waals surface area contributed by atoms with Gasteiger partial charge in [-0.2, -0.15) is 0 Å². The maximum absolute atomic E-state index is 12.7. The molecule has 2 atom stereocenters. The average Bonchev–Trinajstić information content (AvgIpc) is 3.07. The van der Waals surface area contributed by atoms with Gasteiger partial charge in [0.15, 0.2) is 0 Å². The number of allylic oxidation sites excluding steroid dienone is 11. The van der Waals surface area contributed by atoms with Gasteiger partial charge in [-0.1, -0.05) is 70.4 Å². The van der Waals surface area contributed by atoms with Gasteiger partial charge in [-0.05, 0) is 143 Å². The van der Waals surface area contributed by atoms with Crippen LogP contribution in [-0.4, -0.2) is 62.8 Å². The summed E-state index contributed by atoms with van der Waals surface area (Å²) >= 11 is 0. The van der Waals surface area contributed by atoms with Gasteiger partial charge in [0.1, 0.15) is 0 Å². The SMILES string of the molecule is C=C(CC/C=C(\C)CCC=C(C)C)CC[C@@H]1C=C(CC/C=C(\C)CCC=C(C)C)C[C@H](COC(=O)CCC(=O)NCCCN2CCOCC2)C1. The third kappa shape index (κ3) is 22.2. The number of carbonyl (C=O) groups is 2. The Morgan fingerprint density at radius 2 is 1.50 bits per heavy atom. The Morgan fingerprint density at radius 3 is 2.16 bits per heavy atom. The largest absolute Gasteiger partial charge is 0.465 e. The van der Waals surface area contributed by atoms with Crippen molar-refractivity contribution < 1.29 is 19.1 Å². The molecule has 0 bridgehead atoms. The summed E-state index contributed by atoms with van der Waals surface area (Å²) < 4.78 is 11.2. The van der Waals surface area contributed by atoms with Crippen LogP contribution in [0.15, 0.2) is 70.4 Å². The number of nitrogens with one attached hydrogen (secondary N) is 1. The summed E-state index contributed by atoms with van der Waals surface area (Å²) in [7, 11) is 0. The minimum atomic E-state index is -0.270. The summed E-state index contributed by atoms with van der Waals surface area (Å²) in [4.78, 5) is 27.3. The highest BCUT2D eigenvalue weighted by atomic mass is 16.5. The van der Waals surface area contributed by atoms with E-state index >= 15 is 0 Å². The zero-order chi connectivity index (χ0) is 36.6. The second-order valence-corrected chi connectivity index (χ2v) is 15.3. The number of hydrogen-bond acceptors (Lipinski definition) is 5. The lowest BCUT2D eigenvalue weighted by molar-refractivity contribution is -0.146. The van der Waals surface area contributed by atoms with Crippen LogP contribution in [0.3, 0.4) is 0 Å². The van der Waals surface area contributed by atoms with E-state index in [-0.39, 0.29) is 24.7 Å². The van der Waals surface area contributed by atoms with Crippen molar-refractivity contribution in [3.05, 3.63) is 70.4 Å². The number of amides is 1. The van der Waals surface area contributed by atoms with E-state index in [1.165, 1.54) is 33.4 Å². The zero-order valence-corrected chi connectivity index (χ0v) is 32.9. The molecule has 0 aromatic carbocycles. The van der Waals surface area contributed by atoms with E-state index in [2.05, 4.69) is 88.7 Å². The highest BCUT2D eigenvalue weighted by Crippen LogP contribution is 2.34. The molecule has 0 unspecified atom stereocenters. The van der Waals surface area contributed by atoms with Crippen LogP contribution in [0.5, 0.6) is 0 Å². The predicted molar refractivity (Wildman–Crippen MR) is 211 cm³/mol. The lowest BCUT2D eigenvalue weighted by Gasteiger charge is -2.29. The lowest BCUT2D eigenvalue weighted by Crippen LogP contribution is -2.38. The fourth-order valence-corrected chi connectivity index (χ4v) is 6.73. The first kappa shape index (κ1) is 43.5. The van der Waals surface area contributed by atoms with Crippen molar-refractivity contribution in [2.45, 2.75) is 138 Å². The van der Waals surface area contributed by atoms with E-state index in [0.717, 1.165) is 116 Å². The van der Waals surface area contributed by atoms with Gasteiger partial charge in [0, 0.05) is 26.1 Å². The summed E-state index contributed by atoms with van der Waals surface area (Å²) in [5.41, 5.74) is 8.52. The number of hydrogen-bond donors (Lipinski definition) is 1. The van der Waals surface area contributed by atoms with E-state index < -0.39 is 0 Å². The number of nitrogens with zero attached hydrogens (tertiary/aromatic N) is 1. The van der Waals surface area contributed by atoms with Crippen molar-refractivity contribution in [2.75, 3.05) is 46.0 Å². The molecule has 1 N–H and O–H groups in total. The van der Waals surface area contributed by atoms with Gasteiger partial charge in [0.05, 0.1) is 26.2 Å². The van der Waals surface area contributed by atoms with Crippen LogP contribution in [0.1, 0.15) is 138 Å². The standard InChI is InChI=1S/C44H72N2O4/c1-35(2)13-8-15-37(5)17-10-18-39(7)21-22-41-31-40(20-11-19-38(6)16-9-14-36(3)4)32-42(33-41)34-50-44(48)24-23-43(47)45-25-12-26-46-27-29-49-30-28-46/h13-14,17,19,31,41-42H,7-12,15-16,18,20-30,32-34H2,1-6H3,(H,45,47)/b37-17+,38-19+/t41-,42+/m1/s1. The fourth-order valence-electron chi connectivity index (χ4n) is 6.73. The first-order chi connectivity index (χ1) is 24.0. The molecule has 1 aliphatic heterocycles. The van der Waals surface area contributed by atoms with E-state index in [0.29, 0.717) is 25.0 Å². The van der Waals surface area contributed by atoms with Crippen molar-refractivity contribution in [1.29, 1.82) is 0 Å². The molecule has 50 heavy (non-hydrogen) atoms. The molecule has 1 saturated heterocycles. The first-order valence-electron chi connectivity index (χ1n) is 19.7. The second kappa shape index (κ2) is 26.1. The van der Waals surface area contributed by atoms with Crippen LogP contribution < -0.4 is 5.32 Å². The average molecular weight is 693 g/mol. The molecule has 0 aromatic heterocycles. The third-order valence-electron chi connectivity index (χ3n) is 9.77. The molecule has 1 fully saturated rings. The Morgan fingerprint density at radius 1 is 0.860 bits per heavy atom. The van der Waals surface area contributed by atoms with E-state index in [1.54, 1.807) is 0 Å². The maximum Gasteiger partial charge on any atom is 0.306 e.